The van der Waals surface area contributed by atoms with Crippen molar-refractivity contribution < 1.29 is 9.59 Å². The average molecular weight is 355 g/mol. The number of hydrogen-bond donors (Lipinski definition) is 1. The normalized spacial score (nSPS) is 16.2. The lowest BCUT2D eigenvalue weighted by atomic mass is 9.94. The molecule has 1 aliphatic rings. The molecule has 3 rings (SSSR count). The van der Waals surface area contributed by atoms with Crippen molar-refractivity contribution in [2.24, 2.45) is 0 Å². The van der Waals surface area contributed by atoms with Crippen LogP contribution in [0, 0.1) is 0 Å². The van der Waals surface area contributed by atoms with Gasteiger partial charge in [-0.15, -0.1) is 0 Å². The number of hydrogen-bond acceptors (Lipinski definition) is 4. The number of amides is 2. The fraction of sp³-hybridized carbons (Fsp3) is 0.474. The summed E-state index contributed by atoms with van der Waals surface area (Å²) in [6.45, 7) is 5.92. The van der Waals surface area contributed by atoms with Crippen LogP contribution in [0.2, 0.25) is 0 Å². The first-order chi connectivity index (χ1) is 12.6. The SMILES string of the molecule is CCc1nccn1CCCNC(=O)C1CN(C(C)=O)Cc2cccnc21. The molecule has 1 aliphatic heterocycles. The van der Waals surface area contributed by atoms with E-state index in [4.69, 9.17) is 0 Å². The van der Waals surface area contributed by atoms with E-state index < -0.39 is 5.92 Å². The van der Waals surface area contributed by atoms with E-state index in [1.54, 1.807) is 17.3 Å². The minimum absolute atomic E-state index is 0.0236. The highest BCUT2D eigenvalue weighted by molar-refractivity contribution is 5.85. The van der Waals surface area contributed by atoms with Crippen LogP contribution in [0.3, 0.4) is 0 Å². The fourth-order valence-electron chi connectivity index (χ4n) is 3.36. The summed E-state index contributed by atoms with van der Waals surface area (Å²) in [5.41, 5.74) is 1.73. The Balaban J connectivity index is 1.59. The Morgan fingerprint density at radius 1 is 1.31 bits per heavy atom. The predicted octanol–water partition coefficient (Wildman–Crippen LogP) is 1.49. The molecule has 0 aliphatic carbocycles. The number of aromatic nitrogens is 3. The van der Waals surface area contributed by atoms with E-state index in [1.807, 2.05) is 18.3 Å². The third-order valence-electron chi connectivity index (χ3n) is 4.78. The van der Waals surface area contributed by atoms with Gasteiger partial charge in [-0.2, -0.15) is 0 Å². The second-order valence-corrected chi connectivity index (χ2v) is 6.53. The van der Waals surface area contributed by atoms with Crippen molar-refractivity contribution in [1.29, 1.82) is 0 Å². The van der Waals surface area contributed by atoms with Gasteiger partial charge in [0.15, 0.2) is 0 Å². The van der Waals surface area contributed by atoms with Crippen molar-refractivity contribution in [2.75, 3.05) is 13.1 Å². The summed E-state index contributed by atoms with van der Waals surface area (Å²) in [5.74, 6) is 0.545. The highest BCUT2D eigenvalue weighted by Gasteiger charge is 2.32. The molecule has 1 unspecified atom stereocenters. The maximum Gasteiger partial charge on any atom is 0.230 e. The van der Waals surface area contributed by atoms with Crippen molar-refractivity contribution in [3.63, 3.8) is 0 Å². The first kappa shape index (κ1) is 18.1. The maximum atomic E-state index is 12.7. The number of pyridine rings is 1. The zero-order chi connectivity index (χ0) is 18.5. The van der Waals surface area contributed by atoms with E-state index in [2.05, 4.69) is 26.8 Å². The number of carbonyl (C=O) groups excluding carboxylic acids is 2. The molecule has 0 bridgehead atoms. The van der Waals surface area contributed by atoms with Gasteiger partial charge >= 0.3 is 0 Å². The van der Waals surface area contributed by atoms with Crippen LogP contribution >= 0.6 is 0 Å². The Kier molecular flexibility index (Phi) is 5.65. The van der Waals surface area contributed by atoms with Gasteiger partial charge in [0.05, 0.1) is 11.6 Å². The monoisotopic (exact) mass is 355 g/mol. The van der Waals surface area contributed by atoms with E-state index in [9.17, 15) is 9.59 Å². The minimum Gasteiger partial charge on any atom is -0.355 e. The molecule has 0 radical (unpaired) electrons. The van der Waals surface area contributed by atoms with Gasteiger partial charge in [-0.25, -0.2) is 4.98 Å². The Morgan fingerprint density at radius 3 is 2.92 bits per heavy atom. The van der Waals surface area contributed by atoms with Crippen molar-refractivity contribution in [3.05, 3.63) is 47.8 Å². The number of rotatable bonds is 6. The van der Waals surface area contributed by atoms with E-state index in [-0.39, 0.29) is 11.8 Å². The van der Waals surface area contributed by atoms with Crippen molar-refractivity contribution in [1.82, 2.24) is 24.8 Å². The summed E-state index contributed by atoms with van der Waals surface area (Å²) in [4.78, 5) is 34.9. The van der Waals surface area contributed by atoms with Crippen molar-refractivity contribution in [3.8, 4) is 0 Å². The number of nitrogens with zero attached hydrogens (tertiary/aromatic N) is 4. The zero-order valence-corrected chi connectivity index (χ0v) is 15.3. The third-order valence-corrected chi connectivity index (χ3v) is 4.78. The molecule has 138 valence electrons. The van der Waals surface area contributed by atoms with Gasteiger partial charge in [0.25, 0.3) is 0 Å². The summed E-state index contributed by atoms with van der Waals surface area (Å²) in [5, 5.41) is 3.00. The van der Waals surface area contributed by atoms with Gasteiger partial charge in [0.2, 0.25) is 11.8 Å². The maximum absolute atomic E-state index is 12.7. The molecular weight excluding hydrogens is 330 g/mol. The molecule has 0 fully saturated rings. The molecule has 0 saturated carbocycles. The van der Waals surface area contributed by atoms with Crippen LogP contribution < -0.4 is 5.32 Å². The lowest BCUT2D eigenvalue weighted by Crippen LogP contribution is -2.43. The molecule has 2 amide bonds. The molecule has 3 heterocycles. The Labute approximate surface area is 153 Å². The van der Waals surface area contributed by atoms with Crippen LogP contribution in [0.25, 0.3) is 0 Å². The molecule has 0 spiro atoms. The molecule has 0 saturated heterocycles. The smallest absolute Gasteiger partial charge is 0.230 e. The van der Waals surface area contributed by atoms with Crippen LogP contribution in [0.1, 0.15) is 43.3 Å². The minimum atomic E-state index is -0.414. The van der Waals surface area contributed by atoms with Gasteiger partial charge in [-0.05, 0) is 18.1 Å². The summed E-state index contributed by atoms with van der Waals surface area (Å²) in [7, 11) is 0. The molecule has 26 heavy (non-hydrogen) atoms. The standard InChI is InChI=1S/C19H25N5O2/c1-3-17-20-9-11-23(17)10-5-8-22-19(26)16-13-24(14(2)25)12-15-6-4-7-21-18(15)16/h4,6-7,9,11,16H,3,5,8,10,12-13H2,1-2H3,(H,22,26). The number of imidazole rings is 1. The molecule has 2 aromatic heterocycles. The summed E-state index contributed by atoms with van der Waals surface area (Å²) >= 11 is 0. The largest absolute Gasteiger partial charge is 0.355 e. The van der Waals surface area contributed by atoms with Gasteiger partial charge in [0, 0.05) is 58.1 Å². The molecule has 7 heteroatoms. The number of aryl methyl sites for hydroxylation is 2. The lowest BCUT2D eigenvalue weighted by Gasteiger charge is -2.32. The van der Waals surface area contributed by atoms with Gasteiger partial charge in [0.1, 0.15) is 5.82 Å². The second-order valence-electron chi connectivity index (χ2n) is 6.53. The van der Waals surface area contributed by atoms with Gasteiger partial charge in [-0.1, -0.05) is 13.0 Å². The van der Waals surface area contributed by atoms with Crippen LogP contribution in [-0.2, 0) is 29.1 Å². The van der Waals surface area contributed by atoms with Crippen LogP contribution in [0.5, 0.6) is 0 Å². The highest BCUT2D eigenvalue weighted by atomic mass is 16.2. The first-order valence-electron chi connectivity index (χ1n) is 9.07. The van der Waals surface area contributed by atoms with Crippen molar-refractivity contribution in [2.45, 2.75) is 45.7 Å². The van der Waals surface area contributed by atoms with Crippen LogP contribution in [0.15, 0.2) is 30.7 Å². The Morgan fingerprint density at radius 2 is 2.15 bits per heavy atom. The average Bonchev–Trinajstić information content (AvgIpc) is 3.11. The summed E-state index contributed by atoms with van der Waals surface area (Å²) in [6.07, 6.45) is 7.19. The molecule has 0 aromatic carbocycles. The third kappa shape index (κ3) is 3.92. The van der Waals surface area contributed by atoms with Crippen LogP contribution in [0.4, 0.5) is 0 Å². The molecular formula is C19H25N5O2. The molecule has 1 atom stereocenters. The van der Waals surface area contributed by atoms with E-state index in [1.165, 1.54) is 6.92 Å². The number of fused-ring (bicyclic) bond motifs is 1. The number of nitrogens with one attached hydrogen (secondary N) is 1. The Hall–Kier alpha value is -2.70. The molecule has 2 aromatic rings. The zero-order valence-electron chi connectivity index (χ0n) is 15.3. The van der Waals surface area contributed by atoms with Gasteiger partial charge < -0.3 is 14.8 Å². The summed E-state index contributed by atoms with van der Waals surface area (Å²) < 4.78 is 2.11. The van der Waals surface area contributed by atoms with E-state index in [0.29, 0.717) is 19.6 Å². The lowest BCUT2D eigenvalue weighted by molar-refractivity contribution is -0.131. The second kappa shape index (κ2) is 8.12. The van der Waals surface area contributed by atoms with Gasteiger partial charge in [-0.3, -0.25) is 14.6 Å². The molecule has 1 N–H and O–H groups in total. The first-order valence-corrected chi connectivity index (χ1v) is 9.07. The van der Waals surface area contributed by atoms with Crippen molar-refractivity contribution >= 4 is 11.8 Å². The summed E-state index contributed by atoms with van der Waals surface area (Å²) in [6, 6.07) is 3.77. The highest BCUT2D eigenvalue weighted by Crippen LogP contribution is 2.26. The molecule has 7 nitrogen and oxygen atoms in total. The van der Waals surface area contributed by atoms with E-state index in [0.717, 1.165) is 36.5 Å². The fourth-order valence-corrected chi connectivity index (χ4v) is 3.36. The predicted molar refractivity (Wildman–Crippen MR) is 97.3 cm³/mol. The van der Waals surface area contributed by atoms with E-state index >= 15 is 0 Å². The van der Waals surface area contributed by atoms with Crippen LogP contribution in [-0.4, -0.2) is 44.3 Å². The quantitative estimate of drug-likeness (QED) is 0.796. The number of carbonyl (C=O) groups is 2. The topological polar surface area (TPSA) is 80.1 Å². The Bertz CT molecular complexity index is 786.